The Kier molecular flexibility index (Phi) is 5.20. The Hall–Kier alpha value is -2.50. The molecule has 0 aromatic heterocycles. The van der Waals surface area contributed by atoms with E-state index in [1.54, 1.807) is 25.3 Å². The number of hydrogen-bond donors (Lipinski definition) is 0. The zero-order chi connectivity index (χ0) is 15.1. The number of para-hydroxylation sites is 1. The highest BCUT2D eigenvalue weighted by Gasteiger charge is 1.99. The molecule has 0 radical (unpaired) electrons. The minimum Gasteiger partial charge on any atom is -0.496 e. The first-order valence-electron chi connectivity index (χ1n) is 6.42. The molecule has 2 aromatic rings. The lowest BCUT2D eigenvalue weighted by atomic mass is 10.1. The topological polar surface area (TPSA) is 33.0 Å². The van der Waals surface area contributed by atoms with E-state index in [1.807, 2.05) is 48.6 Å². The van der Waals surface area contributed by atoms with Crippen molar-refractivity contribution in [3.05, 3.63) is 76.8 Å². The molecule has 0 saturated heterocycles. The van der Waals surface area contributed by atoms with Crippen molar-refractivity contribution in [2.75, 3.05) is 7.11 Å². The van der Waals surface area contributed by atoms with Crippen LogP contribution >= 0.6 is 11.6 Å². The monoisotopic (exact) mass is 295 g/mol. The Balaban J connectivity index is 2.24. The van der Waals surface area contributed by atoms with Crippen LogP contribution < -0.4 is 4.74 Å². The molecule has 21 heavy (non-hydrogen) atoms. The van der Waals surface area contributed by atoms with Crippen molar-refractivity contribution in [2.45, 2.75) is 0 Å². The molecule has 0 amide bonds. The standard InChI is InChI=1S/C18H14ClNO/c1-21-18-8-3-2-5-15(18)6-4-7-16(13-20)14-9-11-17(19)12-10-14/h2-12H,1H3/b6-4+,16-7-. The Labute approximate surface area is 129 Å². The lowest BCUT2D eigenvalue weighted by Gasteiger charge is -2.02. The summed E-state index contributed by atoms with van der Waals surface area (Å²) in [6.07, 6.45) is 5.52. The maximum atomic E-state index is 9.24. The van der Waals surface area contributed by atoms with E-state index >= 15 is 0 Å². The molecule has 0 bridgehead atoms. The smallest absolute Gasteiger partial charge is 0.126 e. The summed E-state index contributed by atoms with van der Waals surface area (Å²) >= 11 is 5.85. The van der Waals surface area contributed by atoms with Gasteiger partial charge >= 0.3 is 0 Å². The minimum absolute atomic E-state index is 0.581. The number of allylic oxidation sites excluding steroid dienone is 3. The van der Waals surface area contributed by atoms with Crippen LogP contribution in [0.2, 0.25) is 5.02 Å². The zero-order valence-corrected chi connectivity index (χ0v) is 12.3. The van der Waals surface area contributed by atoms with Crippen LogP contribution in [-0.4, -0.2) is 7.11 Å². The van der Waals surface area contributed by atoms with Crippen LogP contribution in [0.5, 0.6) is 5.75 Å². The fourth-order valence-corrected chi connectivity index (χ4v) is 2.01. The van der Waals surface area contributed by atoms with Crippen LogP contribution in [0, 0.1) is 11.3 Å². The van der Waals surface area contributed by atoms with Crippen LogP contribution in [0.25, 0.3) is 11.6 Å². The summed E-state index contributed by atoms with van der Waals surface area (Å²) < 4.78 is 5.28. The largest absolute Gasteiger partial charge is 0.496 e. The van der Waals surface area contributed by atoms with Gasteiger partial charge in [0.15, 0.2) is 0 Å². The maximum absolute atomic E-state index is 9.24. The van der Waals surface area contributed by atoms with Gasteiger partial charge in [-0.05, 0) is 29.8 Å². The third kappa shape index (κ3) is 3.98. The van der Waals surface area contributed by atoms with E-state index in [0.29, 0.717) is 10.6 Å². The van der Waals surface area contributed by atoms with Gasteiger partial charge in [-0.25, -0.2) is 0 Å². The van der Waals surface area contributed by atoms with Gasteiger partial charge in [-0.2, -0.15) is 5.26 Å². The van der Waals surface area contributed by atoms with E-state index in [1.165, 1.54) is 0 Å². The number of halogens is 1. The molecule has 2 nitrogen and oxygen atoms in total. The summed E-state index contributed by atoms with van der Waals surface area (Å²) in [5.41, 5.74) is 2.38. The molecular formula is C18H14ClNO. The molecule has 0 heterocycles. The van der Waals surface area contributed by atoms with Crippen molar-refractivity contribution >= 4 is 23.3 Å². The van der Waals surface area contributed by atoms with Crippen molar-refractivity contribution in [1.82, 2.24) is 0 Å². The predicted molar refractivity (Wildman–Crippen MR) is 87.1 cm³/mol. The molecule has 0 aliphatic heterocycles. The molecule has 3 heteroatoms. The minimum atomic E-state index is 0.581. The van der Waals surface area contributed by atoms with Crippen molar-refractivity contribution in [3.8, 4) is 11.8 Å². The van der Waals surface area contributed by atoms with E-state index in [0.717, 1.165) is 16.9 Å². The summed E-state index contributed by atoms with van der Waals surface area (Å²) in [5.74, 6) is 0.798. The average Bonchev–Trinajstić information content (AvgIpc) is 2.53. The normalized spacial score (nSPS) is 11.4. The van der Waals surface area contributed by atoms with Gasteiger partial charge in [0.2, 0.25) is 0 Å². The number of nitriles is 1. The first-order chi connectivity index (χ1) is 10.2. The van der Waals surface area contributed by atoms with Gasteiger partial charge in [0.05, 0.1) is 18.8 Å². The van der Waals surface area contributed by atoms with E-state index in [-0.39, 0.29) is 0 Å². The molecule has 104 valence electrons. The van der Waals surface area contributed by atoms with Gasteiger partial charge < -0.3 is 4.74 Å². The van der Waals surface area contributed by atoms with Crippen molar-refractivity contribution in [3.63, 3.8) is 0 Å². The van der Waals surface area contributed by atoms with Gasteiger partial charge in [-0.15, -0.1) is 0 Å². The molecule has 0 fully saturated rings. The van der Waals surface area contributed by atoms with Crippen molar-refractivity contribution < 1.29 is 4.74 Å². The maximum Gasteiger partial charge on any atom is 0.126 e. The van der Waals surface area contributed by atoms with Crippen LogP contribution in [0.1, 0.15) is 11.1 Å². The summed E-state index contributed by atoms with van der Waals surface area (Å²) in [6.45, 7) is 0. The molecule has 2 rings (SSSR count). The van der Waals surface area contributed by atoms with Gasteiger partial charge in [0.1, 0.15) is 5.75 Å². The highest BCUT2D eigenvalue weighted by Crippen LogP contribution is 2.20. The van der Waals surface area contributed by atoms with Crippen LogP contribution in [-0.2, 0) is 0 Å². The van der Waals surface area contributed by atoms with Crippen LogP contribution in [0.3, 0.4) is 0 Å². The molecule has 0 unspecified atom stereocenters. The van der Waals surface area contributed by atoms with E-state index < -0.39 is 0 Å². The third-order valence-electron chi connectivity index (χ3n) is 2.95. The number of rotatable bonds is 4. The van der Waals surface area contributed by atoms with Crippen LogP contribution in [0.15, 0.2) is 60.7 Å². The number of hydrogen-bond acceptors (Lipinski definition) is 2. The SMILES string of the molecule is COc1ccccc1/C=C/C=C(/C#N)c1ccc(Cl)cc1. The molecule has 0 saturated carbocycles. The highest BCUT2D eigenvalue weighted by molar-refractivity contribution is 6.30. The second kappa shape index (κ2) is 7.33. The number of ether oxygens (including phenoxy) is 1. The van der Waals surface area contributed by atoms with Gasteiger partial charge in [0, 0.05) is 10.6 Å². The second-order valence-electron chi connectivity index (χ2n) is 4.30. The summed E-state index contributed by atoms with van der Waals surface area (Å²) in [7, 11) is 1.64. The van der Waals surface area contributed by atoms with E-state index in [2.05, 4.69) is 6.07 Å². The molecule has 0 aliphatic carbocycles. The molecule has 0 spiro atoms. The molecule has 0 N–H and O–H groups in total. The summed E-state index contributed by atoms with van der Waals surface area (Å²) in [5, 5.41) is 9.89. The number of methoxy groups -OCH3 is 1. The first-order valence-corrected chi connectivity index (χ1v) is 6.80. The van der Waals surface area contributed by atoms with Gasteiger partial charge in [-0.3, -0.25) is 0 Å². The summed E-state index contributed by atoms with van der Waals surface area (Å²) in [6, 6.07) is 17.1. The lowest BCUT2D eigenvalue weighted by molar-refractivity contribution is 0.414. The molecule has 0 atom stereocenters. The quantitative estimate of drug-likeness (QED) is 0.589. The molecule has 0 aliphatic rings. The fourth-order valence-electron chi connectivity index (χ4n) is 1.88. The molecular weight excluding hydrogens is 282 g/mol. The summed E-state index contributed by atoms with van der Waals surface area (Å²) in [4.78, 5) is 0. The van der Waals surface area contributed by atoms with E-state index in [9.17, 15) is 5.26 Å². The zero-order valence-electron chi connectivity index (χ0n) is 11.6. The van der Waals surface area contributed by atoms with Crippen molar-refractivity contribution in [1.29, 1.82) is 5.26 Å². The van der Waals surface area contributed by atoms with E-state index in [4.69, 9.17) is 16.3 Å². The Morgan fingerprint density at radius 1 is 1.14 bits per heavy atom. The lowest BCUT2D eigenvalue weighted by Crippen LogP contribution is -1.85. The second-order valence-corrected chi connectivity index (χ2v) is 4.74. The van der Waals surface area contributed by atoms with Crippen LogP contribution in [0.4, 0.5) is 0 Å². The average molecular weight is 296 g/mol. The highest BCUT2D eigenvalue weighted by atomic mass is 35.5. The van der Waals surface area contributed by atoms with Gasteiger partial charge in [-0.1, -0.05) is 54.1 Å². The number of nitrogens with zero attached hydrogens (tertiary/aromatic N) is 1. The fraction of sp³-hybridized carbons (Fsp3) is 0.0556. The van der Waals surface area contributed by atoms with Gasteiger partial charge in [0.25, 0.3) is 0 Å². The Bertz CT molecular complexity index is 709. The number of benzene rings is 2. The third-order valence-corrected chi connectivity index (χ3v) is 3.21. The van der Waals surface area contributed by atoms with Crippen molar-refractivity contribution in [2.24, 2.45) is 0 Å². The Morgan fingerprint density at radius 2 is 1.86 bits per heavy atom. The predicted octanol–water partition coefficient (Wildman–Crippen LogP) is 4.97. The Morgan fingerprint density at radius 3 is 2.52 bits per heavy atom. The molecule has 2 aromatic carbocycles. The first kappa shape index (κ1) is 14.9.